The van der Waals surface area contributed by atoms with Crippen LogP contribution in [0.25, 0.3) is 32.3 Å². The van der Waals surface area contributed by atoms with Crippen LogP contribution in [-0.4, -0.2) is 25.9 Å². The molecule has 7 aromatic carbocycles. The number of anilines is 2. The summed E-state index contributed by atoms with van der Waals surface area (Å²) >= 11 is 0. The Labute approximate surface area is 315 Å². The van der Waals surface area contributed by atoms with Crippen molar-refractivity contribution in [2.45, 2.75) is 9.79 Å². The van der Waals surface area contributed by atoms with Crippen molar-refractivity contribution in [3.05, 3.63) is 133 Å². The SMILES string of the molecule is O=S(=O)([O-])c1cccc2c(N=Nc3ccc(N=Nc4ccc(Nc5ccccc5)c5c(S(=O)(=O)[O-])cccc45)c4ccccc34)cccc12.[NH4+].[Na+]. The molecule has 51 heavy (non-hydrogen) atoms. The monoisotopic (exact) mass is 726 g/mol. The molecule has 0 saturated heterocycles. The second-order valence-electron chi connectivity index (χ2n) is 10.9. The van der Waals surface area contributed by atoms with Crippen molar-refractivity contribution in [3.63, 3.8) is 0 Å². The Bertz CT molecular complexity index is 2710. The number of hydrogen-bond acceptors (Lipinski definition) is 11. The maximum atomic E-state index is 12.3. The summed E-state index contributed by atoms with van der Waals surface area (Å²) in [6.07, 6.45) is 0. The van der Waals surface area contributed by atoms with Crippen LogP contribution >= 0.6 is 0 Å². The first-order chi connectivity index (χ1) is 23.6. The zero-order valence-corrected chi connectivity index (χ0v) is 30.9. The molecule has 0 aliphatic heterocycles. The third-order valence-corrected chi connectivity index (χ3v) is 9.61. The summed E-state index contributed by atoms with van der Waals surface area (Å²) in [6.45, 7) is 0. The summed E-state index contributed by atoms with van der Waals surface area (Å²) < 4.78 is 72.3. The van der Waals surface area contributed by atoms with Crippen LogP contribution in [0.4, 0.5) is 34.1 Å². The third-order valence-electron chi connectivity index (χ3n) is 7.84. The van der Waals surface area contributed by atoms with Gasteiger partial charge in [0, 0.05) is 43.7 Å². The van der Waals surface area contributed by atoms with Crippen LogP contribution in [0.15, 0.2) is 164 Å². The second-order valence-corrected chi connectivity index (χ2v) is 13.6. The van der Waals surface area contributed by atoms with E-state index in [0.717, 1.165) is 0 Å². The zero-order chi connectivity index (χ0) is 34.2. The van der Waals surface area contributed by atoms with Gasteiger partial charge in [-0.2, -0.15) is 0 Å². The predicted molar refractivity (Wildman–Crippen MR) is 192 cm³/mol. The minimum Gasteiger partial charge on any atom is -0.744 e. The molecule has 0 aromatic heterocycles. The molecule has 0 heterocycles. The van der Waals surface area contributed by atoms with Crippen molar-refractivity contribution >= 4 is 86.7 Å². The van der Waals surface area contributed by atoms with Crippen molar-refractivity contribution in [2.75, 3.05) is 5.32 Å². The predicted octanol–water partition coefficient (Wildman–Crippen LogP) is 6.91. The van der Waals surface area contributed by atoms with Crippen LogP contribution in [0.3, 0.4) is 0 Å². The minimum atomic E-state index is -4.83. The van der Waals surface area contributed by atoms with Gasteiger partial charge in [-0.3, -0.25) is 0 Å². The van der Waals surface area contributed by atoms with E-state index in [1.54, 1.807) is 54.6 Å². The van der Waals surface area contributed by atoms with Crippen LogP contribution in [0, 0.1) is 0 Å². The van der Waals surface area contributed by atoms with Gasteiger partial charge in [0.15, 0.2) is 0 Å². The molecule has 0 aliphatic carbocycles. The Kier molecular flexibility index (Phi) is 11.1. The molecule has 5 N–H and O–H groups in total. The van der Waals surface area contributed by atoms with Gasteiger partial charge in [-0.15, -0.1) is 20.5 Å². The van der Waals surface area contributed by atoms with Crippen LogP contribution < -0.4 is 41.0 Å². The molecular weight excluding hydrogens is 700 g/mol. The molecule has 0 radical (unpaired) electrons. The van der Waals surface area contributed by atoms with Crippen molar-refractivity contribution in [2.24, 2.45) is 20.5 Å². The van der Waals surface area contributed by atoms with Crippen LogP contribution in [0.1, 0.15) is 0 Å². The molecule has 15 heteroatoms. The normalized spacial score (nSPS) is 12.0. The van der Waals surface area contributed by atoms with Crippen LogP contribution in [0.5, 0.6) is 0 Å². The summed E-state index contributed by atoms with van der Waals surface area (Å²) in [6, 6.07) is 37.0. The Morgan fingerprint density at radius 2 is 0.843 bits per heavy atom. The van der Waals surface area contributed by atoms with Crippen molar-refractivity contribution < 1.29 is 55.5 Å². The summed E-state index contributed by atoms with van der Waals surface area (Å²) in [5.41, 5.74) is 2.87. The Morgan fingerprint density at radius 1 is 0.431 bits per heavy atom. The van der Waals surface area contributed by atoms with E-state index in [4.69, 9.17) is 0 Å². The van der Waals surface area contributed by atoms with Crippen molar-refractivity contribution in [3.8, 4) is 0 Å². The minimum absolute atomic E-state index is 0. The molecule has 12 nitrogen and oxygen atoms in total. The fourth-order valence-electron chi connectivity index (χ4n) is 5.66. The van der Waals surface area contributed by atoms with Crippen molar-refractivity contribution in [1.29, 1.82) is 0 Å². The molecule has 250 valence electrons. The Morgan fingerprint density at radius 3 is 1.43 bits per heavy atom. The maximum absolute atomic E-state index is 12.3. The smallest absolute Gasteiger partial charge is 0.744 e. The van der Waals surface area contributed by atoms with Gasteiger partial charge in [0.2, 0.25) is 0 Å². The van der Waals surface area contributed by atoms with Gasteiger partial charge in [-0.25, -0.2) is 16.8 Å². The van der Waals surface area contributed by atoms with Gasteiger partial charge >= 0.3 is 29.6 Å². The molecule has 0 aliphatic rings. The first kappa shape index (κ1) is 37.4. The number of hydrogen-bond donors (Lipinski definition) is 2. The number of azo groups is 2. The molecule has 7 aromatic rings. The number of fused-ring (bicyclic) bond motifs is 3. The summed E-state index contributed by atoms with van der Waals surface area (Å²) in [5, 5.41) is 23.8. The van der Waals surface area contributed by atoms with Gasteiger partial charge in [-0.1, -0.05) is 78.9 Å². The molecule has 0 fully saturated rings. The molecular formula is C36H27N6NaO6S2. The van der Waals surface area contributed by atoms with Gasteiger partial charge in [0.25, 0.3) is 0 Å². The summed E-state index contributed by atoms with van der Waals surface area (Å²) in [7, 11) is -9.52. The Hall–Kier alpha value is -4.90. The fourth-order valence-corrected chi connectivity index (χ4v) is 7.07. The topological polar surface area (TPSA) is 212 Å². The van der Waals surface area contributed by atoms with E-state index in [-0.39, 0.29) is 56.3 Å². The average molecular weight is 727 g/mol. The second kappa shape index (κ2) is 15.1. The summed E-state index contributed by atoms with van der Waals surface area (Å²) in [4.78, 5) is -0.708. The van der Waals surface area contributed by atoms with E-state index in [0.29, 0.717) is 55.7 Å². The number of para-hydroxylation sites is 1. The quantitative estimate of drug-likeness (QED) is 0.0958. The number of rotatable bonds is 8. The molecule has 0 atom stereocenters. The number of benzene rings is 7. The molecule has 0 amide bonds. The van der Waals surface area contributed by atoms with Gasteiger partial charge in [0.1, 0.15) is 20.2 Å². The van der Waals surface area contributed by atoms with E-state index in [1.165, 1.54) is 24.3 Å². The first-order valence-electron chi connectivity index (χ1n) is 14.7. The van der Waals surface area contributed by atoms with E-state index < -0.39 is 20.2 Å². The van der Waals surface area contributed by atoms with Crippen LogP contribution in [-0.2, 0) is 20.2 Å². The van der Waals surface area contributed by atoms with E-state index in [9.17, 15) is 25.9 Å². The maximum Gasteiger partial charge on any atom is 1.00 e. The standard InChI is InChI=1S/C36H25N5O6S2.H3N.Na/c42-48(43,44)34-17-7-13-26-27(34)14-6-16-29(26)38-39-30-19-20-31(25-12-5-4-11-24(25)30)40-41-32-21-22-33(37-23-9-2-1-3-10-23)36-28(32)15-8-18-35(36)49(45,46)47;;/h1-22,37H,(H,42,43,44)(H,45,46,47);1H3;/q;;+1/p-1. The number of nitrogens with zero attached hydrogens (tertiary/aromatic N) is 4. The van der Waals surface area contributed by atoms with E-state index in [1.807, 2.05) is 54.6 Å². The largest absolute Gasteiger partial charge is 1.00 e. The molecule has 0 saturated carbocycles. The molecule has 0 unspecified atom stereocenters. The number of nitrogens with one attached hydrogen (secondary N) is 1. The van der Waals surface area contributed by atoms with Gasteiger partial charge in [0.05, 0.1) is 32.5 Å². The molecule has 0 bridgehead atoms. The van der Waals surface area contributed by atoms with E-state index >= 15 is 0 Å². The van der Waals surface area contributed by atoms with Crippen LogP contribution in [0.2, 0.25) is 0 Å². The van der Waals surface area contributed by atoms with Gasteiger partial charge < -0.3 is 20.6 Å². The first-order valence-corrected chi connectivity index (χ1v) is 17.6. The average Bonchev–Trinajstić information content (AvgIpc) is 3.09. The summed E-state index contributed by atoms with van der Waals surface area (Å²) in [5.74, 6) is 0. The Balaban J connectivity index is 0.00000252. The zero-order valence-electron chi connectivity index (χ0n) is 27.3. The van der Waals surface area contributed by atoms with Gasteiger partial charge in [-0.05, 0) is 54.6 Å². The molecule has 7 rings (SSSR count). The van der Waals surface area contributed by atoms with E-state index in [2.05, 4.69) is 25.8 Å². The molecule has 0 spiro atoms. The number of quaternary nitrogens is 1. The third kappa shape index (κ3) is 7.73. The van der Waals surface area contributed by atoms with Crippen molar-refractivity contribution in [1.82, 2.24) is 6.15 Å². The fraction of sp³-hybridized carbons (Fsp3) is 0.